The molecule has 0 spiro atoms. The molecule has 0 aromatic carbocycles. The normalized spacial score (nSPS) is 11.2. The number of fused-ring (bicyclic) bond motifs is 1. The van der Waals surface area contributed by atoms with Gasteiger partial charge in [-0.25, -0.2) is 0 Å². The van der Waals surface area contributed by atoms with Gasteiger partial charge in [0.1, 0.15) is 4.83 Å². The van der Waals surface area contributed by atoms with Crippen LogP contribution in [0.4, 0.5) is 0 Å². The molecule has 3 aromatic heterocycles. The number of hydrogen-bond donors (Lipinski definition) is 1. The zero-order chi connectivity index (χ0) is 12.7. The fraction of sp³-hybridized carbons (Fsp3) is 0.182. The van der Waals surface area contributed by atoms with Crippen molar-refractivity contribution in [2.75, 3.05) is 0 Å². The lowest BCUT2D eigenvalue weighted by Crippen LogP contribution is -2.22. The van der Waals surface area contributed by atoms with E-state index in [2.05, 4.69) is 10.1 Å². The van der Waals surface area contributed by atoms with Crippen molar-refractivity contribution in [1.82, 2.24) is 19.3 Å². The van der Waals surface area contributed by atoms with Gasteiger partial charge in [0.2, 0.25) is 0 Å². The Labute approximate surface area is 111 Å². The number of hydrogen-bond acceptors (Lipinski definition) is 4. The second-order valence-electron chi connectivity index (χ2n) is 3.97. The van der Waals surface area contributed by atoms with Crippen LogP contribution in [0.2, 0.25) is 0 Å². The zero-order valence-corrected chi connectivity index (χ0v) is 11.2. The number of thiophene rings is 1. The van der Waals surface area contributed by atoms with Crippen molar-refractivity contribution in [2.24, 2.45) is 7.05 Å². The number of rotatable bonds is 2. The summed E-state index contributed by atoms with van der Waals surface area (Å²) < 4.78 is 3.67. The van der Waals surface area contributed by atoms with E-state index in [0.717, 1.165) is 10.5 Å². The highest BCUT2D eigenvalue weighted by atomic mass is 32.1. The summed E-state index contributed by atoms with van der Waals surface area (Å²) >= 11 is 6.70. The molecule has 0 aliphatic carbocycles. The number of aryl methyl sites for hydroxylation is 1. The van der Waals surface area contributed by atoms with Gasteiger partial charge in [0.25, 0.3) is 5.56 Å². The van der Waals surface area contributed by atoms with E-state index in [1.54, 1.807) is 4.68 Å². The Morgan fingerprint density at radius 1 is 1.50 bits per heavy atom. The highest BCUT2D eigenvalue weighted by molar-refractivity contribution is 7.71. The highest BCUT2D eigenvalue weighted by Crippen LogP contribution is 2.14. The predicted molar refractivity (Wildman–Crippen MR) is 73.6 cm³/mol. The van der Waals surface area contributed by atoms with Crippen molar-refractivity contribution in [3.8, 4) is 0 Å². The van der Waals surface area contributed by atoms with Crippen molar-refractivity contribution in [1.29, 1.82) is 0 Å². The minimum atomic E-state index is -0.0688. The molecule has 3 rings (SSSR count). The van der Waals surface area contributed by atoms with Gasteiger partial charge in [0.05, 0.1) is 17.6 Å². The zero-order valence-electron chi connectivity index (χ0n) is 9.58. The summed E-state index contributed by atoms with van der Waals surface area (Å²) in [5.41, 5.74) is 0.745. The van der Waals surface area contributed by atoms with Crippen LogP contribution in [0.3, 0.4) is 0 Å². The lowest BCUT2D eigenvalue weighted by atomic mass is 10.4. The second-order valence-corrected chi connectivity index (χ2v) is 5.27. The molecular weight excluding hydrogens is 268 g/mol. The number of nitrogens with one attached hydrogen (secondary N) is 1. The van der Waals surface area contributed by atoms with Crippen LogP contribution in [0.25, 0.3) is 10.2 Å². The number of H-pyrrole nitrogens is 1. The van der Waals surface area contributed by atoms with Crippen LogP contribution in [0.1, 0.15) is 5.69 Å². The molecule has 0 unspecified atom stereocenters. The molecular formula is C11H10N4OS2. The molecule has 0 atom stereocenters. The van der Waals surface area contributed by atoms with Crippen molar-refractivity contribution < 1.29 is 0 Å². The SMILES string of the molecule is Cn1ccc(Cn2c(=S)[nH]c3sccc3c2=O)n1. The quantitative estimate of drug-likeness (QED) is 0.728. The first-order valence-corrected chi connectivity index (χ1v) is 6.63. The Hall–Kier alpha value is -1.73. The lowest BCUT2D eigenvalue weighted by Gasteiger charge is -2.03. The third-order valence-electron chi connectivity index (χ3n) is 2.70. The summed E-state index contributed by atoms with van der Waals surface area (Å²) in [7, 11) is 1.84. The van der Waals surface area contributed by atoms with Gasteiger partial charge in [0.15, 0.2) is 4.77 Å². The molecule has 1 N–H and O–H groups in total. The van der Waals surface area contributed by atoms with Crippen LogP contribution in [0.15, 0.2) is 28.5 Å². The van der Waals surface area contributed by atoms with E-state index in [-0.39, 0.29) is 5.56 Å². The summed E-state index contributed by atoms with van der Waals surface area (Å²) in [6, 6.07) is 3.68. The van der Waals surface area contributed by atoms with E-state index >= 15 is 0 Å². The molecule has 0 bridgehead atoms. The van der Waals surface area contributed by atoms with Crippen molar-refractivity contribution in [3.05, 3.63) is 44.5 Å². The molecule has 0 fully saturated rings. The maximum absolute atomic E-state index is 12.3. The minimum Gasteiger partial charge on any atom is -0.323 e. The van der Waals surface area contributed by atoms with Gasteiger partial charge in [-0.15, -0.1) is 11.3 Å². The molecule has 0 aliphatic rings. The Kier molecular flexibility index (Phi) is 2.64. The monoisotopic (exact) mass is 278 g/mol. The van der Waals surface area contributed by atoms with Crippen LogP contribution < -0.4 is 5.56 Å². The van der Waals surface area contributed by atoms with Gasteiger partial charge >= 0.3 is 0 Å². The van der Waals surface area contributed by atoms with Gasteiger partial charge in [0, 0.05) is 13.2 Å². The van der Waals surface area contributed by atoms with Crippen molar-refractivity contribution in [3.63, 3.8) is 0 Å². The van der Waals surface area contributed by atoms with Crippen LogP contribution in [0.5, 0.6) is 0 Å². The van der Waals surface area contributed by atoms with E-state index < -0.39 is 0 Å². The summed E-state index contributed by atoms with van der Waals surface area (Å²) in [4.78, 5) is 16.2. The number of aromatic amines is 1. The molecule has 0 radical (unpaired) electrons. The van der Waals surface area contributed by atoms with E-state index in [1.165, 1.54) is 15.9 Å². The fourth-order valence-corrected chi connectivity index (χ4v) is 2.92. The molecule has 0 aliphatic heterocycles. The Balaban J connectivity index is 2.17. The molecule has 18 heavy (non-hydrogen) atoms. The van der Waals surface area contributed by atoms with Crippen LogP contribution in [-0.4, -0.2) is 19.3 Å². The van der Waals surface area contributed by atoms with Gasteiger partial charge in [-0.05, 0) is 29.7 Å². The average Bonchev–Trinajstić information content (AvgIpc) is 2.93. The number of nitrogens with zero attached hydrogens (tertiary/aromatic N) is 3. The standard InChI is InChI=1S/C11H10N4OS2/c1-14-4-2-7(13-14)6-15-10(16)8-3-5-18-9(8)12-11(15)17/h2-5H,6H2,1H3,(H,12,17). The highest BCUT2D eigenvalue weighted by Gasteiger charge is 2.08. The van der Waals surface area contributed by atoms with E-state index in [9.17, 15) is 4.79 Å². The first kappa shape index (κ1) is 11.4. The van der Waals surface area contributed by atoms with Gasteiger partial charge in [-0.3, -0.25) is 14.0 Å². The number of aromatic nitrogens is 4. The molecule has 3 aromatic rings. The summed E-state index contributed by atoms with van der Waals surface area (Å²) in [5, 5.41) is 6.80. The van der Waals surface area contributed by atoms with E-state index in [4.69, 9.17) is 12.2 Å². The lowest BCUT2D eigenvalue weighted by molar-refractivity contribution is 0.680. The molecule has 92 valence electrons. The third-order valence-corrected chi connectivity index (χ3v) is 3.85. The van der Waals surface area contributed by atoms with Crippen molar-refractivity contribution >= 4 is 33.8 Å². The first-order chi connectivity index (χ1) is 8.65. The fourth-order valence-electron chi connectivity index (χ4n) is 1.83. The Morgan fingerprint density at radius 2 is 2.33 bits per heavy atom. The third kappa shape index (κ3) is 1.81. The van der Waals surface area contributed by atoms with E-state index in [1.807, 2.05) is 30.8 Å². The van der Waals surface area contributed by atoms with Crippen LogP contribution >= 0.6 is 23.6 Å². The summed E-state index contributed by atoms with van der Waals surface area (Å²) in [6.45, 7) is 0.390. The summed E-state index contributed by atoms with van der Waals surface area (Å²) in [6.07, 6.45) is 1.84. The van der Waals surface area contributed by atoms with Gasteiger partial charge < -0.3 is 4.98 Å². The van der Waals surface area contributed by atoms with Crippen LogP contribution in [0, 0.1) is 4.77 Å². The molecule has 3 heterocycles. The largest absolute Gasteiger partial charge is 0.323 e. The Bertz CT molecular complexity index is 823. The molecule has 0 amide bonds. The molecule has 5 nitrogen and oxygen atoms in total. The van der Waals surface area contributed by atoms with Crippen molar-refractivity contribution in [2.45, 2.75) is 6.54 Å². The minimum absolute atomic E-state index is 0.0688. The molecule has 7 heteroatoms. The topological polar surface area (TPSA) is 55.6 Å². The smallest absolute Gasteiger partial charge is 0.263 e. The maximum atomic E-state index is 12.3. The Morgan fingerprint density at radius 3 is 3.06 bits per heavy atom. The summed E-state index contributed by atoms with van der Waals surface area (Å²) in [5.74, 6) is 0. The molecule has 0 saturated carbocycles. The molecule has 0 saturated heterocycles. The van der Waals surface area contributed by atoms with E-state index in [0.29, 0.717) is 16.7 Å². The average molecular weight is 278 g/mol. The van der Waals surface area contributed by atoms with Gasteiger partial charge in [-0.1, -0.05) is 0 Å². The maximum Gasteiger partial charge on any atom is 0.263 e. The van der Waals surface area contributed by atoms with Crippen LogP contribution in [-0.2, 0) is 13.6 Å². The second kappa shape index (κ2) is 4.18. The van der Waals surface area contributed by atoms with Gasteiger partial charge in [-0.2, -0.15) is 5.10 Å². The first-order valence-electron chi connectivity index (χ1n) is 5.34. The predicted octanol–water partition coefficient (Wildman–Crippen LogP) is 1.90.